The summed E-state index contributed by atoms with van der Waals surface area (Å²) in [5, 5.41) is 0.0285. The summed E-state index contributed by atoms with van der Waals surface area (Å²) in [4.78, 5) is 9.99. The molecule has 0 spiro atoms. The molecule has 3 heteroatoms. The van der Waals surface area contributed by atoms with Crippen LogP contribution in [0.5, 0.6) is 0 Å². The minimum atomic E-state index is 0.0285. The van der Waals surface area contributed by atoms with Crippen molar-refractivity contribution in [2.24, 2.45) is 0 Å². The van der Waals surface area contributed by atoms with Crippen molar-refractivity contribution in [3.63, 3.8) is 0 Å². The Bertz CT molecular complexity index is 338. The van der Waals surface area contributed by atoms with Gasteiger partial charge in [-0.3, -0.25) is 0 Å². The number of hydrogen-bond donors (Lipinski definition) is 0. The van der Waals surface area contributed by atoms with Crippen molar-refractivity contribution in [2.45, 2.75) is 17.7 Å². The van der Waals surface area contributed by atoms with Crippen molar-refractivity contribution < 1.29 is 9.53 Å². The van der Waals surface area contributed by atoms with Gasteiger partial charge in [0.2, 0.25) is 0 Å². The average Bonchev–Trinajstić information content (AvgIpc) is 2.51. The first kappa shape index (κ1) is 9.53. The molecule has 0 N–H and O–H groups in total. The first-order valence-electron chi connectivity index (χ1n) is 4.53. The molecule has 1 aromatic carbocycles. The first-order valence-corrected chi connectivity index (χ1v) is 4.97. The smallest absolute Gasteiger partial charge is 0.417 e. The van der Waals surface area contributed by atoms with E-state index in [1.807, 2.05) is 18.2 Å². The normalized spacial score (nSPS) is 24.4. The minimum Gasteiger partial charge on any atom is -0.457 e. The third kappa shape index (κ3) is 1.62. The SMILES string of the molecule is O=[C]OCC1c2ccccc2CC1Cl. The topological polar surface area (TPSA) is 26.3 Å². The number of fused-ring (bicyclic) bond motifs is 1. The van der Waals surface area contributed by atoms with Crippen LogP contribution in [0.15, 0.2) is 24.3 Å². The molecule has 14 heavy (non-hydrogen) atoms. The molecule has 2 nitrogen and oxygen atoms in total. The van der Waals surface area contributed by atoms with Gasteiger partial charge in [-0.05, 0) is 17.5 Å². The Labute approximate surface area is 87.8 Å². The highest BCUT2D eigenvalue weighted by molar-refractivity contribution is 6.21. The molecule has 0 fully saturated rings. The van der Waals surface area contributed by atoms with Crippen molar-refractivity contribution in [1.29, 1.82) is 0 Å². The zero-order chi connectivity index (χ0) is 9.97. The van der Waals surface area contributed by atoms with Crippen LogP contribution in [0.1, 0.15) is 17.0 Å². The van der Waals surface area contributed by atoms with Crippen LogP contribution < -0.4 is 0 Å². The number of halogens is 1. The number of hydrogen-bond acceptors (Lipinski definition) is 2. The van der Waals surface area contributed by atoms with Crippen molar-refractivity contribution >= 4 is 18.1 Å². The summed E-state index contributed by atoms with van der Waals surface area (Å²) in [5.41, 5.74) is 2.45. The molecule has 0 bridgehead atoms. The van der Waals surface area contributed by atoms with E-state index in [1.165, 1.54) is 17.6 Å². The molecule has 1 aromatic rings. The lowest BCUT2D eigenvalue weighted by molar-refractivity contribution is 0.256. The number of ether oxygens (including phenoxy) is 1. The predicted molar refractivity (Wildman–Crippen MR) is 54.2 cm³/mol. The fourth-order valence-corrected chi connectivity index (χ4v) is 2.32. The largest absolute Gasteiger partial charge is 0.457 e. The van der Waals surface area contributed by atoms with Gasteiger partial charge in [0.1, 0.15) is 6.61 Å². The Morgan fingerprint density at radius 1 is 1.50 bits per heavy atom. The molecule has 2 atom stereocenters. The standard InChI is InChI=1S/C11H10ClO2/c12-11-5-8-3-1-2-4-9(8)10(11)6-14-7-13/h1-4,10-11H,5-6H2. The molecule has 0 aromatic heterocycles. The van der Waals surface area contributed by atoms with Gasteiger partial charge in [-0.1, -0.05) is 24.3 Å². The Balaban J connectivity index is 2.21. The highest BCUT2D eigenvalue weighted by Crippen LogP contribution is 2.36. The molecule has 0 saturated heterocycles. The zero-order valence-electron chi connectivity index (χ0n) is 7.57. The summed E-state index contributed by atoms with van der Waals surface area (Å²) in [6, 6.07) is 8.08. The second-order valence-corrected chi connectivity index (χ2v) is 3.98. The second kappa shape index (κ2) is 4.01. The fraction of sp³-hybridized carbons (Fsp3) is 0.364. The predicted octanol–water partition coefficient (Wildman–Crippen LogP) is 2.02. The number of alkyl halides is 1. The molecule has 0 amide bonds. The molecule has 1 aliphatic rings. The first-order chi connectivity index (χ1) is 6.83. The summed E-state index contributed by atoms with van der Waals surface area (Å²) >= 11 is 6.17. The molecule has 73 valence electrons. The lowest BCUT2D eigenvalue weighted by Gasteiger charge is -2.12. The Hall–Kier alpha value is -1.02. The van der Waals surface area contributed by atoms with Gasteiger partial charge in [0.15, 0.2) is 0 Å². The van der Waals surface area contributed by atoms with E-state index in [1.54, 1.807) is 0 Å². The number of benzene rings is 1. The van der Waals surface area contributed by atoms with Crippen LogP contribution in [0.25, 0.3) is 0 Å². The van der Waals surface area contributed by atoms with Crippen molar-refractivity contribution in [1.82, 2.24) is 0 Å². The third-order valence-corrected chi connectivity index (χ3v) is 3.09. The summed E-state index contributed by atoms with van der Waals surface area (Å²) < 4.78 is 4.65. The van der Waals surface area contributed by atoms with E-state index >= 15 is 0 Å². The van der Waals surface area contributed by atoms with Crippen molar-refractivity contribution in [3.8, 4) is 0 Å². The minimum absolute atomic E-state index is 0.0285. The lowest BCUT2D eigenvalue weighted by Crippen LogP contribution is -2.13. The van der Waals surface area contributed by atoms with Crippen LogP contribution in [-0.4, -0.2) is 18.5 Å². The van der Waals surface area contributed by atoms with E-state index in [9.17, 15) is 4.79 Å². The van der Waals surface area contributed by atoms with Crippen LogP contribution >= 0.6 is 11.6 Å². The Morgan fingerprint density at radius 3 is 3.07 bits per heavy atom. The van der Waals surface area contributed by atoms with E-state index in [0.717, 1.165) is 6.42 Å². The molecular formula is C11H10ClO2. The van der Waals surface area contributed by atoms with Gasteiger partial charge < -0.3 is 4.74 Å². The summed E-state index contributed by atoms with van der Waals surface area (Å²) in [6.07, 6.45) is 0.852. The van der Waals surface area contributed by atoms with E-state index < -0.39 is 0 Å². The maximum absolute atomic E-state index is 9.99. The average molecular weight is 210 g/mol. The molecular weight excluding hydrogens is 200 g/mol. The molecule has 1 aliphatic carbocycles. The lowest BCUT2D eigenvalue weighted by atomic mass is 10.0. The van der Waals surface area contributed by atoms with Gasteiger partial charge >= 0.3 is 6.47 Å². The Kier molecular flexibility index (Phi) is 2.73. The summed E-state index contributed by atoms with van der Waals surface area (Å²) in [7, 11) is 0. The van der Waals surface area contributed by atoms with E-state index in [0.29, 0.717) is 6.61 Å². The summed E-state index contributed by atoms with van der Waals surface area (Å²) in [5.74, 6) is 0.120. The fourth-order valence-electron chi connectivity index (χ4n) is 1.95. The van der Waals surface area contributed by atoms with Gasteiger partial charge in [0.05, 0.1) is 0 Å². The van der Waals surface area contributed by atoms with E-state index in [2.05, 4.69) is 10.8 Å². The summed E-state index contributed by atoms with van der Waals surface area (Å²) in [6.45, 7) is 1.77. The molecule has 2 unspecified atom stereocenters. The van der Waals surface area contributed by atoms with Crippen molar-refractivity contribution in [2.75, 3.05) is 6.61 Å². The maximum atomic E-state index is 9.99. The van der Waals surface area contributed by atoms with Crippen LogP contribution in [0, 0.1) is 0 Å². The van der Waals surface area contributed by atoms with Crippen LogP contribution in [0.4, 0.5) is 0 Å². The van der Waals surface area contributed by atoms with Gasteiger partial charge in [-0.25, -0.2) is 4.79 Å². The molecule has 0 heterocycles. The Morgan fingerprint density at radius 2 is 2.29 bits per heavy atom. The zero-order valence-corrected chi connectivity index (χ0v) is 8.33. The second-order valence-electron chi connectivity index (χ2n) is 3.42. The highest BCUT2D eigenvalue weighted by atomic mass is 35.5. The van der Waals surface area contributed by atoms with Crippen LogP contribution in [0.3, 0.4) is 0 Å². The molecule has 2 rings (SSSR count). The number of rotatable bonds is 3. The monoisotopic (exact) mass is 209 g/mol. The highest BCUT2D eigenvalue weighted by Gasteiger charge is 2.31. The molecule has 0 saturated carbocycles. The van der Waals surface area contributed by atoms with Gasteiger partial charge in [-0.2, -0.15) is 0 Å². The van der Waals surface area contributed by atoms with E-state index in [4.69, 9.17) is 11.6 Å². The quantitative estimate of drug-likeness (QED) is 0.712. The van der Waals surface area contributed by atoms with Gasteiger partial charge in [0, 0.05) is 11.3 Å². The van der Waals surface area contributed by atoms with Gasteiger partial charge in [-0.15, -0.1) is 11.6 Å². The van der Waals surface area contributed by atoms with E-state index in [-0.39, 0.29) is 11.3 Å². The van der Waals surface area contributed by atoms with Gasteiger partial charge in [0.25, 0.3) is 0 Å². The third-order valence-electron chi connectivity index (χ3n) is 2.63. The number of carbonyl (C=O) groups excluding carboxylic acids is 1. The molecule has 0 aliphatic heterocycles. The van der Waals surface area contributed by atoms with Crippen molar-refractivity contribution in [3.05, 3.63) is 35.4 Å². The van der Waals surface area contributed by atoms with Crippen LogP contribution in [0.2, 0.25) is 0 Å². The maximum Gasteiger partial charge on any atom is 0.417 e. The van der Waals surface area contributed by atoms with Crippen LogP contribution in [-0.2, 0) is 16.0 Å². The molecule has 1 radical (unpaired) electrons.